The smallest absolute Gasteiger partial charge is 0.241 e. The van der Waals surface area contributed by atoms with Crippen molar-refractivity contribution >= 4 is 11.8 Å². The fourth-order valence-corrected chi connectivity index (χ4v) is 1.79. The van der Waals surface area contributed by atoms with Gasteiger partial charge in [-0.05, 0) is 12.3 Å². The third kappa shape index (κ3) is 3.20. The van der Waals surface area contributed by atoms with Gasteiger partial charge in [-0.1, -0.05) is 13.8 Å². The molecule has 92 valence electrons. The van der Waals surface area contributed by atoms with Crippen LogP contribution in [0, 0.1) is 5.92 Å². The molecule has 1 aliphatic heterocycles. The number of hydrogen-bond acceptors (Lipinski definition) is 3. The summed E-state index contributed by atoms with van der Waals surface area (Å²) in [5.74, 6) is 0.272. The van der Waals surface area contributed by atoms with Crippen molar-refractivity contribution in [2.24, 2.45) is 11.7 Å². The Morgan fingerprint density at radius 3 is 2.56 bits per heavy atom. The maximum absolute atomic E-state index is 11.9. The van der Waals surface area contributed by atoms with Gasteiger partial charge in [-0.3, -0.25) is 9.59 Å². The number of nitrogens with two attached hydrogens (primary N) is 1. The first-order valence-electron chi connectivity index (χ1n) is 5.70. The summed E-state index contributed by atoms with van der Waals surface area (Å²) in [5, 5.41) is 0. The molecular weight excluding hydrogens is 206 g/mol. The van der Waals surface area contributed by atoms with Crippen molar-refractivity contribution in [3.05, 3.63) is 0 Å². The van der Waals surface area contributed by atoms with E-state index >= 15 is 0 Å². The Bertz CT molecular complexity index is 278. The quantitative estimate of drug-likeness (QED) is 0.717. The molecule has 1 saturated heterocycles. The molecule has 0 aromatic carbocycles. The minimum atomic E-state index is -0.476. The van der Waals surface area contributed by atoms with Crippen LogP contribution in [0.3, 0.4) is 0 Å². The van der Waals surface area contributed by atoms with Crippen molar-refractivity contribution in [1.29, 1.82) is 0 Å². The van der Waals surface area contributed by atoms with E-state index in [1.165, 1.54) is 0 Å². The molecule has 0 radical (unpaired) electrons. The second-order valence-electron chi connectivity index (χ2n) is 4.81. The summed E-state index contributed by atoms with van der Waals surface area (Å²) in [7, 11) is 1.75. The number of rotatable bonds is 3. The standard InChI is InChI=1S/C11H21N3O2/c1-8(2)6-9(12)11(16)14-5-4-13(3)10(15)7-14/h8-9H,4-7,12H2,1-3H3. The molecule has 0 aromatic rings. The Balaban J connectivity index is 2.51. The van der Waals surface area contributed by atoms with Crippen LogP contribution in [0.5, 0.6) is 0 Å². The Hall–Kier alpha value is -1.10. The lowest BCUT2D eigenvalue weighted by molar-refractivity contribution is -0.145. The van der Waals surface area contributed by atoms with Crippen molar-refractivity contribution in [3.63, 3.8) is 0 Å². The van der Waals surface area contributed by atoms with Crippen LogP contribution >= 0.6 is 0 Å². The van der Waals surface area contributed by atoms with Gasteiger partial charge in [0.1, 0.15) is 0 Å². The number of nitrogens with zero attached hydrogens (tertiary/aromatic N) is 2. The number of likely N-dealkylation sites (N-methyl/N-ethyl adjacent to an activating group) is 1. The molecule has 1 atom stereocenters. The Labute approximate surface area is 96.6 Å². The molecule has 2 amide bonds. The van der Waals surface area contributed by atoms with Crippen molar-refractivity contribution in [1.82, 2.24) is 9.80 Å². The van der Waals surface area contributed by atoms with E-state index in [4.69, 9.17) is 5.73 Å². The zero-order chi connectivity index (χ0) is 12.3. The van der Waals surface area contributed by atoms with E-state index in [0.29, 0.717) is 25.4 Å². The highest BCUT2D eigenvalue weighted by Crippen LogP contribution is 2.08. The van der Waals surface area contributed by atoms with Gasteiger partial charge < -0.3 is 15.5 Å². The summed E-state index contributed by atoms with van der Waals surface area (Å²) in [6, 6.07) is -0.476. The summed E-state index contributed by atoms with van der Waals surface area (Å²) in [6.45, 7) is 5.41. The first-order chi connectivity index (χ1) is 7.41. The van der Waals surface area contributed by atoms with Crippen molar-refractivity contribution in [2.75, 3.05) is 26.7 Å². The molecular formula is C11H21N3O2. The minimum absolute atomic E-state index is 0.0173. The number of carbonyl (C=O) groups is 2. The predicted molar refractivity (Wildman–Crippen MR) is 61.6 cm³/mol. The van der Waals surface area contributed by atoms with Gasteiger partial charge in [0, 0.05) is 20.1 Å². The van der Waals surface area contributed by atoms with Gasteiger partial charge in [0.05, 0.1) is 12.6 Å². The van der Waals surface area contributed by atoms with Gasteiger partial charge in [0.2, 0.25) is 11.8 Å². The lowest BCUT2D eigenvalue weighted by atomic mass is 10.0. The SMILES string of the molecule is CC(C)CC(N)C(=O)N1CCN(C)C(=O)C1. The molecule has 0 aliphatic carbocycles. The number of amides is 2. The van der Waals surface area contributed by atoms with Crippen LogP contribution in [0.15, 0.2) is 0 Å². The van der Waals surface area contributed by atoms with Crippen molar-refractivity contribution in [2.45, 2.75) is 26.3 Å². The minimum Gasteiger partial charge on any atom is -0.342 e. The van der Waals surface area contributed by atoms with Gasteiger partial charge in [-0.25, -0.2) is 0 Å². The third-order valence-electron chi connectivity index (χ3n) is 2.81. The van der Waals surface area contributed by atoms with Crippen LogP contribution in [0.25, 0.3) is 0 Å². The van der Waals surface area contributed by atoms with Gasteiger partial charge >= 0.3 is 0 Å². The number of hydrogen-bond donors (Lipinski definition) is 1. The Morgan fingerprint density at radius 2 is 2.06 bits per heavy atom. The molecule has 1 aliphatic rings. The fourth-order valence-electron chi connectivity index (χ4n) is 1.79. The van der Waals surface area contributed by atoms with E-state index in [-0.39, 0.29) is 18.4 Å². The average Bonchev–Trinajstić information content (AvgIpc) is 2.20. The zero-order valence-electron chi connectivity index (χ0n) is 10.3. The second kappa shape index (κ2) is 5.30. The summed E-state index contributed by atoms with van der Waals surface area (Å²) in [6.07, 6.45) is 0.666. The average molecular weight is 227 g/mol. The molecule has 16 heavy (non-hydrogen) atoms. The zero-order valence-corrected chi connectivity index (χ0v) is 10.3. The van der Waals surface area contributed by atoms with Gasteiger partial charge in [0.15, 0.2) is 0 Å². The highest BCUT2D eigenvalue weighted by Gasteiger charge is 2.28. The van der Waals surface area contributed by atoms with Gasteiger partial charge in [-0.2, -0.15) is 0 Å². The number of carbonyl (C=O) groups excluding carboxylic acids is 2. The molecule has 0 bridgehead atoms. The third-order valence-corrected chi connectivity index (χ3v) is 2.81. The molecule has 5 nitrogen and oxygen atoms in total. The lowest BCUT2D eigenvalue weighted by Gasteiger charge is -2.33. The summed E-state index contributed by atoms with van der Waals surface area (Å²) in [4.78, 5) is 26.6. The number of piperazine rings is 1. The van der Waals surface area contributed by atoms with E-state index in [1.54, 1.807) is 16.8 Å². The summed E-state index contributed by atoms with van der Waals surface area (Å²) < 4.78 is 0. The second-order valence-corrected chi connectivity index (χ2v) is 4.81. The monoisotopic (exact) mass is 227 g/mol. The molecule has 1 heterocycles. The van der Waals surface area contributed by atoms with Crippen LogP contribution in [0.2, 0.25) is 0 Å². The summed E-state index contributed by atoms with van der Waals surface area (Å²) in [5.41, 5.74) is 5.81. The molecule has 0 saturated carbocycles. The highest BCUT2D eigenvalue weighted by atomic mass is 16.2. The fraction of sp³-hybridized carbons (Fsp3) is 0.818. The molecule has 1 fully saturated rings. The lowest BCUT2D eigenvalue weighted by Crippen LogP contribution is -2.54. The Morgan fingerprint density at radius 1 is 1.44 bits per heavy atom. The molecule has 0 spiro atoms. The van der Waals surface area contributed by atoms with E-state index in [9.17, 15) is 9.59 Å². The van der Waals surface area contributed by atoms with Gasteiger partial charge in [-0.15, -0.1) is 0 Å². The topological polar surface area (TPSA) is 66.6 Å². The first kappa shape index (κ1) is 13.0. The maximum atomic E-state index is 11.9. The van der Waals surface area contributed by atoms with Crippen LogP contribution in [-0.4, -0.2) is 54.3 Å². The van der Waals surface area contributed by atoms with E-state index < -0.39 is 6.04 Å². The highest BCUT2D eigenvalue weighted by molar-refractivity contribution is 5.88. The molecule has 0 aromatic heterocycles. The molecule has 1 rings (SSSR count). The van der Waals surface area contributed by atoms with Crippen LogP contribution in [0.4, 0.5) is 0 Å². The molecule has 1 unspecified atom stereocenters. The van der Waals surface area contributed by atoms with Crippen LogP contribution in [-0.2, 0) is 9.59 Å². The van der Waals surface area contributed by atoms with E-state index in [0.717, 1.165) is 0 Å². The van der Waals surface area contributed by atoms with Crippen LogP contribution < -0.4 is 5.73 Å². The first-order valence-corrected chi connectivity index (χ1v) is 5.70. The molecule has 2 N–H and O–H groups in total. The maximum Gasteiger partial charge on any atom is 0.241 e. The van der Waals surface area contributed by atoms with Gasteiger partial charge in [0.25, 0.3) is 0 Å². The van der Waals surface area contributed by atoms with Crippen molar-refractivity contribution in [3.8, 4) is 0 Å². The van der Waals surface area contributed by atoms with Crippen LogP contribution in [0.1, 0.15) is 20.3 Å². The Kier molecular flexibility index (Phi) is 4.29. The largest absolute Gasteiger partial charge is 0.342 e. The van der Waals surface area contributed by atoms with E-state index in [2.05, 4.69) is 0 Å². The summed E-state index contributed by atoms with van der Waals surface area (Å²) >= 11 is 0. The molecule has 5 heteroatoms. The predicted octanol–water partition coefficient (Wildman–Crippen LogP) is -0.340. The van der Waals surface area contributed by atoms with E-state index in [1.807, 2.05) is 13.8 Å². The normalized spacial score (nSPS) is 19.2. The van der Waals surface area contributed by atoms with Crippen molar-refractivity contribution < 1.29 is 9.59 Å².